The SMILES string of the molecule is CCc1cc(C(=O)OC)c(NC(=S)Nc2ccc(CN3CCCCC3)cc2)s1.Cl. The fourth-order valence-corrected chi connectivity index (χ4v) is 4.58. The normalized spacial score (nSPS) is 14.0. The van der Waals surface area contributed by atoms with Gasteiger partial charge in [0.05, 0.1) is 12.7 Å². The predicted octanol–water partition coefficient (Wildman–Crippen LogP) is 5.31. The van der Waals surface area contributed by atoms with Crippen LogP contribution in [0.1, 0.15) is 47.0 Å². The molecule has 0 atom stereocenters. The third kappa shape index (κ3) is 6.67. The Bertz CT molecular complexity index is 818. The lowest BCUT2D eigenvalue weighted by Gasteiger charge is -2.26. The first-order chi connectivity index (χ1) is 13.6. The van der Waals surface area contributed by atoms with Crippen molar-refractivity contribution in [2.45, 2.75) is 39.2 Å². The van der Waals surface area contributed by atoms with E-state index in [0.29, 0.717) is 15.7 Å². The van der Waals surface area contributed by atoms with Crippen LogP contribution in [0.3, 0.4) is 0 Å². The van der Waals surface area contributed by atoms with Gasteiger partial charge in [0.15, 0.2) is 5.11 Å². The number of carbonyl (C=O) groups is 1. The van der Waals surface area contributed by atoms with Gasteiger partial charge in [0.25, 0.3) is 0 Å². The smallest absolute Gasteiger partial charge is 0.340 e. The fourth-order valence-electron chi connectivity index (χ4n) is 3.31. The average Bonchev–Trinajstić information content (AvgIpc) is 3.12. The second-order valence-corrected chi connectivity index (χ2v) is 8.46. The molecule has 1 aromatic carbocycles. The molecule has 3 rings (SSSR count). The molecule has 29 heavy (non-hydrogen) atoms. The van der Waals surface area contributed by atoms with Crippen molar-refractivity contribution in [2.75, 3.05) is 30.8 Å². The number of anilines is 2. The highest BCUT2D eigenvalue weighted by Gasteiger charge is 2.17. The van der Waals surface area contributed by atoms with Crippen LogP contribution in [0.15, 0.2) is 30.3 Å². The summed E-state index contributed by atoms with van der Waals surface area (Å²) in [5.41, 5.74) is 2.75. The summed E-state index contributed by atoms with van der Waals surface area (Å²) in [7, 11) is 1.39. The molecular formula is C21H28ClN3O2S2. The van der Waals surface area contributed by atoms with Gasteiger partial charge in [0.2, 0.25) is 0 Å². The van der Waals surface area contributed by atoms with Crippen molar-refractivity contribution in [1.29, 1.82) is 0 Å². The van der Waals surface area contributed by atoms with Crippen LogP contribution in [0.5, 0.6) is 0 Å². The Morgan fingerprint density at radius 3 is 2.48 bits per heavy atom. The third-order valence-electron chi connectivity index (χ3n) is 4.83. The van der Waals surface area contributed by atoms with E-state index < -0.39 is 0 Å². The van der Waals surface area contributed by atoms with Crippen LogP contribution < -0.4 is 10.6 Å². The van der Waals surface area contributed by atoms with Crippen LogP contribution >= 0.6 is 36.0 Å². The van der Waals surface area contributed by atoms with Gasteiger partial charge in [-0.2, -0.15) is 0 Å². The van der Waals surface area contributed by atoms with Crippen molar-refractivity contribution in [1.82, 2.24) is 4.90 Å². The number of ether oxygens (including phenoxy) is 1. The van der Waals surface area contributed by atoms with Crippen molar-refractivity contribution < 1.29 is 9.53 Å². The Hall–Kier alpha value is -1.67. The van der Waals surface area contributed by atoms with Gasteiger partial charge in [-0.05, 0) is 68.3 Å². The zero-order valence-corrected chi connectivity index (χ0v) is 19.3. The molecule has 0 aliphatic carbocycles. The first-order valence-corrected chi connectivity index (χ1v) is 10.9. The molecular weight excluding hydrogens is 426 g/mol. The quantitative estimate of drug-likeness (QED) is 0.456. The number of nitrogens with one attached hydrogen (secondary N) is 2. The molecule has 1 aromatic heterocycles. The lowest BCUT2D eigenvalue weighted by Crippen LogP contribution is -2.29. The first-order valence-electron chi connectivity index (χ1n) is 9.69. The number of carbonyl (C=O) groups excluding carboxylic acids is 1. The summed E-state index contributed by atoms with van der Waals surface area (Å²) in [6.45, 7) is 5.44. The molecule has 0 unspecified atom stereocenters. The number of benzene rings is 1. The standard InChI is InChI=1S/C21H27N3O2S2.ClH/c1-3-17-13-18(20(25)26-2)19(28-17)23-21(27)22-16-9-7-15(8-10-16)14-24-11-5-4-6-12-24;/h7-10,13H,3-6,11-12,14H2,1-2H3,(H2,22,23,27);1H. The Morgan fingerprint density at radius 1 is 1.17 bits per heavy atom. The zero-order valence-electron chi connectivity index (χ0n) is 16.8. The molecule has 0 bridgehead atoms. The Morgan fingerprint density at radius 2 is 1.86 bits per heavy atom. The Kier molecular flexibility index (Phi) is 9.36. The summed E-state index contributed by atoms with van der Waals surface area (Å²) < 4.78 is 4.87. The van der Waals surface area contributed by atoms with E-state index in [1.165, 1.54) is 56.4 Å². The van der Waals surface area contributed by atoms with E-state index in [0.717, 1.165) is 23.5 Å². The molecule has 2 heterocycles. The van der Waals surface area contributed by atoms with Crippen molar-refractivity contribution in [2.24, 2.45) is 0 Å². The molecule has 2 aromatic rings. The molecule has 5 nitrogen and oxygen atoms in total. The number of thiocarbonyl (C=S) groups is 1. The first kappa shape index (κ1) is 23.6. The van der Waals surface area contributed by atoms with Crippen LogP contribution in [0.4, 0.5) is 10.7 Å². The van der Waals surface area contributed by atoms with Crippen LogP contribution in [0.2, 0.25) is 0 Å². The van der Waals surface area contributed by atoms with E-state index in [1.807, 2.05) is 18.2 Å². The lowest BCUT2D eigenvalue weighted by molar-refractivity contribution is 0.0602. The van der Waals surface area contributed by atoms with Crippen molar-refractivity contribution >= 4 is 57.7 Å². The third-order valence-corrected chi connectivity index (χ3v) is 6.23. The zero-order chi connectivity index (χ0) is 19.9. The second-order valence-electron chi connectivity index (χ2n) is 6.91. The van der Waals surface area contributed by atoms with E-state index in [4.69, 9.17) is 17.0 Å². The topological polar surface area (TPSA) is 53.6 Å². The summed E-state index contributed by atoms with van der Waals surface area (Å²) in [5, 5.41) is 7.50. The maximum atomic E-state index is 12.0. The number of likely N-dealkylation sites (tertiary alicyclic amines) is 1. The highest BCUT2D eigenvalue weighted by atomic mass is 35.5. The molecule has 8 heteroatoms. The molecule has 0 amide bonds. The van der Waals surface area contributed by atoms with Crippen LogP contribution in [0.25, 0.3) is 0 Å². The number of aryl methyl sites for hydroxylation is 1. The maximum Gasteiger partial charge on any atom is 0.340 e. The van der Waals surface area contributed by atoms with Crippen molar-refractivity contribution in [3.63, 3.8) is 0 Å². The summed E-state index contributed by atoms with van der Waals surface area (Å²) >= 11 is 6.95. The molecule has 1 aliphatic rings. The largest absolute Gasteiger partial charge is 0.465 e. The average molecular weight is 454 g/mol. The van der Waals surface area contributed by atoms with E-state index in [9.17, 15) is 4.79 Å². The number of halogens is 1. The van der Waals surface area contributed by atoms with Crippen molar-refractivity contribution in [3.8, 4) is 0 Å². The van der Waals surface area contributed by atoms with Gasteiger partial charge < -0.3 is 15.4 Å². The van der Waals surface area contributed by atoms with Gasteiger partial charge in [0, 0.05) is 17.1 Å². The number of methoxy groups -OCH3 is 1. The van der Waals surface area contributed by atoms with Gasteiger partial charge in [-0.3, -0.25) is 4.90 Å². The molecule has 0 saturated carbocycles. The van der Waals surface area contributed by atoms with Gasteiger partial charge in [0.1, 0.15) is 5.00 Å². The Labute approximate surface area is 188 Å². The highest BCUT2D eigenvalue weighted by molar-refractivity contribution is 7.80. The minimum atomic E-state index is -0.358. The minimum absolute atomic E-state index is 0. The molecule has 1 fully saturated rings. The second kappa shape index (κ2) is 11.5. The van der Waals surface area contributed by atoms with E-state index in [-0.39, 0.29) is 18.4 Å². The van der Waals surface area contributed by atoms with Crippen LogP contribution in [0, 0.1) is 0 Å². The summed E-state index contributed by atoms with van der Waals surface area (Å²) in [6, 6.07) is 10.2. The predicted molar refractivity (Wildman–Crippen MR) is 128 cm³/mol. The van der Waals surface area contributed by atoms with Crippen LogP contribution in [-0.4, -0.2) is 36.2 Å². The van der Waals surface area contributed by atoms with Gasteiger partial charge in [-0.15, -0.1) is 23.7 Å². The molecule has 158 valence electrons. The van der Waals surface area contributed by atoms with E-state index in [1.54, 1.807) is 0 Å². The van der Waals surface area contributed by atoms with Gasteiger partial charge in [-0.1, -0.05) is 25.5 Å². The monoisotopic (exact) mass is 453 g/mol. The number of nitrogens with zero attached hydrogens (tertiary/aromatic N) is 1. The van der Waals surface area contributed by atoms with Crippen LogP contribution in [-0.2, 0) is 17.7 Å². The van der Waals surface area contributed by atoms with Gasteiger partial charge >= 0.3 is 5.97 Å². The highest BCUT2D eigenvalue weighted by Crippen LogP contribution is 2.29. The minimum Gasteiger partial charge on any atom is -0.465 e. The number of hydrogen-bond donors (Lipinski definition) is 2. The Balaban J connectivity index is 0.00000300. The van der Waals surface area contributed by atoms with E-state index in [2.05, 4.69) is 34.6 Å². The molecule has 1 aliphatic heterocycles. The van der Waals surface area contributed by atoms with Gasteiger partial charge in [-0.25, -0.2) is 4.79 Å². The number of esters is 1. The number of hydrogen-bond acceptors (Lipinski definition) is 5. The summed E-state index contributed by atoms with van der Waals surface area (Å²) in [5.74, 6) is -0.358. The fraction of sp³-hybridized carbons (Fsp3) is 0.429. The molecule has 0 spiro atoms. The number of rotatable bonds is 6. The number of piperidine rings is 1. The molecule has 1 saturated heterocycles. The maximum absolute atomic E-state index is 12.0. The van der Waals surface area contributed by atoms with Crippen molar-refractivity contribution in [3.05, 3.63) is 46.3 Å². The summed E-state index contributed by atoms with van der Waals surface area (Å²) in [6.07, 6.45) is 4.81. The number of thiophene rings is 1. The lowest BCUT2D eigenvalue weighted by atomic mass is 10.1. The van der Waals surface area contributed by atoms with E-state index >= 15 is 0 Å². The molecule has 2 N–H and O–H groups in total. The summed E-state index contributed by atoms with van der Waals surface area (Å²) in [4.78, 5) is 15.6. The molecule has 0 radical (unpaired) electrons.